The molecule has 1 aliphatic rings. The number of carbonyl (C=O) groups is 1. The second-order valence-electron chi connectivity index (χ2n) is 6.15. The minimum Gasteiger partial charge on any atom is -0.486 e. The fourth-order valence-electron chi connectivity index (χ4n) is 2.81. The lowest BCUT2D eigenvalue weighted by Crippen LogP contribution is -2.32. The van der Waals surface area contributed by atoms with Gasteiger partial charge in [0.2, 0.25) is 5.91 Å². The molecule has 3 heterocycles. The number of thiophene rings is 1. The number of hydrogen-bond donors (Lipinski definition) is 2. The Morgan fingerprint density at radius 3 is 2.83 bits per heavy atom. The van der Waals surface area contributed by atoms with Crippen LogP contribution >= 0.6 is 23.1 Å². The lowest BCUT2D eigenvalue weighted by Gasteiger charge is -2.25. The maximum absolute atomic E-state index is 13.1. The Labute approximate surface area is 174 Å². The highest BCUT2D eigenvalue weighted by Gasteiger charge is 2.21. The third-order valence-electron chi connectivity index (χ3n) is 4.10. The molecule has 0 radical (unpaired) electrons. The molecule has 0 saturated heterocycles. The van der Waals surface area contributed by atoms with Gasteiger partial charge in [-0.2, -0.15) is 0 Å². The average molecular weight is 431 g/mol. The number of thioether (sulfide) groups is 1. The summed E-state index contributed by atoms with van der Waals surface area (Å²) in [5, 5.41) is 2.28. The number of anilines is 2. The van der Waals surface area contributed by atoms with E-state index < -0.39 is 0 Å². The van der Waals surface area contributed by atoms with Gasteiger partial charge >= 0.3 is 0 Å². The van der Waals surface area contributed by atoms with E-state index in [2.05, 4.69) is 9.97 Å². The number of rotatable bonds is 6. The number of H-pyrrole nitrogens is 1. The summed E-state index contributed by atoms with van der Waals surface area (Å²) < 4.78 is 11.2. The van der Waals surface area contributed by atoms with Gasteiger partial charge in [-0.05, 0) is 23.6 Å². The van der Waals surface area contributed by atoms with Crippen molar-refractivity contribution in [1.82, 2.24) is 9.97 Å². The number of carbonyl (C=O) groups excluding carboxylic acids is 1. The van der Waals surface area contributed by atoms with Crippen molar-refractivity contribution in [3.05, 3.63) is 57.0 Å². The summed E-state index contributed by atoms with van der Waals surface area (Å²) in [4.78, 5) is 34.0. The molecule has 8 nitrogen and oxygen atoms in total. The smallest absolute Gasteiger partial charge is 0.253 e. The molecule has 0 aliphatic carbocycles. The highest BCUT2D eigenvalue weighted by molar-refractivity contribution is 7.99. The van der Waals surface area contributed by atoms with Gasteiger partial charge in [-0.1, -0.05) is 17.8 Å². The van der Waals surface area contributed by atoms with E-state index in [-0.39, 0.29) is 23.0 Å². The molecule has 3 N–H and O–H groups in total. The lowest BCUT2D eigenvalue weighted by molar-refractivity contribution is -0.116. The monoisotopic (exact) mass is 430 g/mol. The van der Waals surface area contributed by atoms with E-state index in [9.17, 15) is 9.59 Å². The number of aromatic nitrogens is 2. The molecular formula is C19H18N4O4S2. The largest absolute Gasteiger partial charge is 0.486 e. The molecule has 0 saturated carbocycles. The summed E-state index contributed by atoms with van der Waals surface area (Å²) in [5.74, 6) is 1.36. The van der Waals surface area contributed by atoms with Crippen molar-refractivity contribution in [2.24, 2.45) is 0 Å². The molecule has 0 bridgehead atoms. The molecule has 1 aromatic carbocycles. The van der Waals surface area contributed by atoms with Crippen LogP contribution in [0, 0.1) is 0 Å². The quantitative estimate of drug-likeness (QED) is 0.457. The maximum atomic E-state index is 13.1. The Morgan fingerprint density at radius 1 is 1.24 bits per heavy atom. The fourth-order valence-corrected chi connectivity index (χ4v) is 4.26. The zero-order chi connectivity index (χ0) is 20.2. The summed E-state index contributed by atoms with van der Waals surface area (Å²) in [7, 11) is 0. The molecule has 150 valence electrons. The van der Waals surface area contributed by atoms with E-state index in [0.29, 0.717) is 42.1 Å². The van der Waals surface area contributed by atoms with E-state index in [4.69, 9.17) is 15.2 Å². The molecule has 1 amide bonds. The van der Waals surface area contributed by atoms with Crippen molar-refractivity contribution >= 4 is 40.5 Å². The van der Waals surface area contributed by atoms with E-state index in [1.54, 1.807) is 16.2 Å². The molecule has 0 atom stereocenters. The van der Waals surface area contributed by atoms with Gasteiger partial charge in [0.25, 0.3) is 5.56 Å². The number of fused-ring (bicyclic) bond motifs is 1. The van der Waals surface area contributed by atoms with Crippen molar-refractivity contribution in [2.75, 3.05) is 29.6 Å². The number of ether oxygens (including phenoxy) is 2. The number of hydrogen-bond acceptors (Lipinski definition) is 8. The van der Waals surface area contributed by atoms with Crippen LogP contribution in [-0.2, 0) is 11.3 Å². The Hall–Kier alpha value is -2.98. The van der Waals surface area contributed by atoms with Crippen LogP contribution in [0.3, 0.4) is 0 Å². The predicted octanol–water partition coefficient (Wildman–Crippen LogP) is 2.51. The lowest BCUT2D eigenvalue weighted by atomic mass is 10.2. The van der Waals surface area contributed by atoms with Crippen molar-refractivity contribution in [3.63, 3.8) is 0 Å². The Kier molecular flexibility index (Phi) is 5.72. The van der Waals surface area contributed by atoms with Crippen LogP contribution < -0.4 is 25.7 Å². The van der Waals surface area contributed by atoms with Crippen LogP contribution in [0.25, 0.3) is 0 Å². The van der Waals surface area contributed by atoms with Gasteiger partial charge in [-0.15, -0.1) is 11.3 Å². The Bertz CT molecular complexity index is 1070. The van der Waals surface area contributed by atoms with E-state index in [1.165, 1.54) is 6.07 Å². The first-order chi connectivity index (χ1) is 14.1. The van der Waals surface area contributed by atoms with E-state index in [1.807, 2.05) is 35.7 Å². The van der Waals surface area contributed by atoms with Crippen LogP contribution in [-0.4, -0.2) is 34.8 Å². The third-order valence-corrected chi connectivity index (χ3v) is 5.82. The Balaban J connectivity index is 1.56. The highest BCUT2D eigenvalue weighted by atomic mass is 32.2. The summed E-state index contributed by atoms with van der Waals surface area (Å²) in [6.45, 7) is 1.41. The summed E-state index contributed by atoms with van der Waals surface area (Å²) in [6, 6.07) is 10.6. The second kappa shape index (κ2) is 8.58. The molecule has 4 rings (SSSR count). The third kappa shape index (κ3) is 4.72. The summed E-state index contributed by atoms with van der Waals surface area (Å²) in [6.07, 6.45) is 0. The normalized spacial score (nSPS) is 12.6. The number of nitrogen functional groups attached to an aromatic ring is 1. The van der Waals surface area contributed by atoms with Gasteiger partial charge in [0, 0.05) is 22.7 Å². The van der Waals surface area contributed by atoms with Gasteiger partial charge in [0.1, 0.15) is 19.0 Å². The molecule has 29 heavy (non-hydrogen) atoms. The second-order valence-corrected chi connectivity index (χ2v) is 8.15. The SMILES string of the molecule is Nc1cc(=O)[nH]c(SCC(=O)N(Cc2cccs2)c2ccc3c(c2)OCCO3)n1. The van der Waals surface area contributed by atoms with Crippen molar-refractivity contribution in [2.45, 2.75) is 11.7 Å². The van der Waals surface area contributed by atoms with Crippen LogP contribution in [0.2, 0.25) is 0 Å². The van der Waals surface area contributed by atoms with Gasteiger partial charge in [0.05, 0.1) is 12.3 Å². The highest BCUT2D eigenvalue weighted by Crippen LogP contribution is 2.35. The zero-order valence-electron chi connectivity index (χ0n) is 15.3. The first-order valence-corrected chi connectivity index (χ1v) is 10.7. The van der Waals surface area contributed by atoms with Gasteiger partial charge in [-0.25, -0.2) is 4.98 Å². The average Bonchev–Trinajstić information content (AvgIpc) is 3.22. The van der Waals surface area contributed by atoms with Crippen LogP contribution in [0.4, 0.5) is 11.5 Å². The topological polar surface area (TPSA) is 111 Å². The van der Waals surface area contributed by atoms with Crippen LogP contribution in [0.5, 0.6) is 11.5 Å². The van der Waals surface area contributed by atoms with Gasteiger partial charge in [-0.3, -0.25) is 9.59 Å². The predicted molar refractivity (Wildman–Crippen MR) is 113 cm³/mol. The van der Waals surface area contributed by atoms with Gasteiger partial charge < -0.3 is 25.1 Å². The molecule has 1 aliphatic heterocycles. The first-order valence-electron chi connectivity index (χ1n) is 8.80. The number of nitrogens with one attached hydrogen (secondary N) is 1. The number of amides is 1. The van der Waals surface area contributed by atoms with Gasteiger partial charge in [0.15, 0.2) is 16.7 Å². The van der Waals surface area contributed by atoms with Crippen molar-refractivity contribution in [3.8, 4) is 11.5 Å². The fraction of sp³-hybridized carbons (Fsp3) is 0.211. The molecule has 0 fully saturated rings. The molecular weight excluding hydrogens is 412 g/mol. The minimum absolute atomic E-state index is 0.0895. The van der Waals surface area contributed by atoms with Crippen LogP contribution in [0.15, 0.2) is 51.7 Å². The van der Waals surface area contributed by atoms with Crippen molar-refractivity contribution in [1.29, 1.82) is 0 Å². The Morgan fingerprint density at radius 2 is 2.07 bits per heavy atom. The van der Waals surface area contributed by atoms with Crippen LogP contribution in [0.1, 0.15) is 4.88 Å². The maximum Gasteiger partial charge on any atom is 0.253 e. The molecule has 2 aromatic heterocycles. The summed E-state index contributed by atoms with van der Waals surface area (Å²) >= 11 is 2.71. The number of aromatic amines is 1. The minimum atomic E-state index is -0.352. The van der Waals surface area contributed by atoms with E-state index >= 15 is 0 Å². The van der Waals surface area contributed by atoms with Crippen molar-refractivity contribution < 1.29 is 14.3 Å². The summed E-state index contributed by atoms with van der Waals surface area (Å²) in [5.41, 5.74) is 5.97. The number of nitrogens with zero attached hydrogens (tertiary/aromatic N) is 2. The number of benzene rings is 1. The molecule has 10 heteroatoms. The van der Waals surface area contributed by atoms with E-state index in [0.717, 1.165) is 16.6 Å². The molecule has 0 spiro atoms. The number of nitrogens with two attached hydrogens (primary N) is 1. The molecule has 3 aromatic rings. The standard InChI is InChI=1S/C19H18N4O4S2/c20-16-9-17(24)22-19(21-16)29-11-18(25)23(10-13-2-1-7-28-13)12-3-4-14-15(8-12)27-6-5-26-14/h1-4,7-9H,5-6,10-11H2,(H3,20,21,22,24). The molecule has 0 unspecified atom stereocenters. The first kappa shape index (κ1) is 19.3. The zero-order valence-corrected chi connectivity index (χ0v) is 16.9.